The number of aliphatic hydroxyl groups is 1. The quantitative estimate of drug-likeness (QED) is 0.879. The summed E-state index contributed by atoms with van der Waals surface area (Å²) in [7, 11) is 0. The molecule has 0 saturated heterocycles. The van der Waals surface area contributed by atoms with Crippen molar-refractivity contribution >= 4 is 23.2 Å². The zero-order valence-electron chi connectivity index (χ0n) is 13.1. The van der Waals surface area contributed by atoms with Gasteiger partial charge in [-0.25, -0.2) is 9.97 Å². The third-order valence-electron chi connectivity index (χ3n) is 3.69. The minimum absolute atomic E-state index is 0.0192. The number of aromatic nitrogens is 2. The number of nitrogens with one attached hydrogen (secondary N) is 1. The van der Waals surface area contributed by atoms with Crippen molar-refractivity contribution in [3.05, 3.63) is 41.7 Å². The summed E-state index contributed by atoms with van der Waals surface area (Å²) in [5, 5.41) is 12.5. The van der Waals surface area contributed by atoms with Crippen LogP contribution in [0.5, 0.6) is 0 Å². The number of pyridine rings is 2. The minimum Gasteiger partial charge on any atom is -0.392 e. The third kappa shape index (κ3) is 1.87. The fourth-order valence-electron chi connectivity index (χ4n) is 2.58. The summed E-state index contributed by atoms with van der Waals surface area (Å²) in [4.78, 5) is 23.0. The molecule has 3 heterocycles. The summed E-state index contributed by atoms with van der Waals surface area (Å²) in [6.45, 7) is -2.58. The van der Waals surface area contributed by atoms with Gasteiger partial charge in [0.2, 0.25) is 0 Å². The van der Waals surface area contributed by atoms with Gasteiger partial charge in [0.1, 0.15) is 5.82 Å². The number of rotatable bonds is 2. The molecule has 2 N–H and O–H groups in total. The maximum absolute atomic E-state index is 12.5. The summed E-state index contributed by atoms with van der Waals surface area (Å²) in [5.74, 6) is 0.527. The predicted octanol–water partition coefficient (Wildman–Crippen LogP) is 1.84. The van der Waals surface area contributed by atoms with Gasteiger partial charge in [-0.3, -0.25) is 4.79 Å². The maximum Gasteiger partial charge on any atom is 0.259 e. The summed E-state index contributed by atoms with van der Waals surface area (Å²) in [6.07, 6.45) is 4.93. The van der Waals surface area contributed by atoms with E-state index in [0.29, 0.717) is 17.2 Å². The van der Waals surface area contributed by atoms with E-state index in [1.54, 1.807) is 18.3 Å². The minimum atomic E-state index is -2.58. The molecule has 0 aromatic carbocycles. The van der Waals surface area contributed by atoms with E-state index in [0.717, 1.165) is 12.8 Å². The molecule has 0 spiro atoms. The topological polar surface area (TPSA) is 78.4 Å². The highest BCUT2D eigenvalue weighted by molar-refractivity contribution is 6.11. The molecule has 1 fully saturated rings. The monoisotopic (exact) mass is 284 g/mol. The van der Waals surface area contributed by atoms with Crippen LogP contribution >= 0.6 is 0 Å². The lowest BCUT2D eigenvalue weighted by Crippen LogP contribution is -2.22. The lowest BCUT2D eigenvalue weighted by atomic mass is 10.2. The molecule has 0 bridgehead atoms. The van der Waals surface area contributed by atoms with Crippen LogP contribution in [-0.2, 0) is 6.56 Å². The molecule has 2 aliphatic rings. The standard InChI is InChI=1S/C15H14N4O2/c20-8-9-5-7-17-14-12(9)18-15(21)11-2-1-6-16-13(11)19(14)10-3-4-10/h1-2,5-7,10,20H,3-4,8H2,(H,18,21)/i8D2. The first-order valence-corrected chi connectivity index (χ1v) is 6.74. The van der Waals surface area contributed by atoms with Gasteiger partial charge in [0.25, 0.3) is 5.91 Å². The summed E-state index contributed by atoms with van der Waals surface area (Å²) in [6, 6.07) is 4.89. The van der Waals surface area contributed by atoms with E-state index in [1.165, 1.54) is 12.3 Å². The van der Waals surface area contributed by atoms with Crippen LogP contribution in [0, 0.1) is 0 Å². The van der Waals surface area contributed by atoms with Crippen molar-refractivity contribution in [3.63, 3.8) is 0 Å². The lowest BCUT2D eigenvalue weighted by molar-refractivity contribution is 0.102. The maximum atomic E-state index is 12.5. The number of fused-ring (bicyclic) bond motifs is 2. The van der Waals surface area contributed by atoms with Crippen molar-refractivity contribution in [2.24, 2.45) is 0 Å². The first-order chi connectivity index (χ1) is 11.0. The first-order valence-electron chi connectivity index (χ1n) is 7.74. The first kappa shape index (κ1) is 10.3. The van der Waals surface area contributed by atoms with E-state index in [9.17, 15) is 9.90 Å². The number of carbonyl (C=O) groups is 1. The smallest absolute Gasteiger partial charge is 0.259 e. The SMILES string of the molecule is [2H]C([2H])(O)c1ccnc2c1NC(=O)c1cccnc1N2C1CC1. The van der Waals surface area contributed by atoms with Crippen LogP contribution in [-0.4, -0.2) is 27.0 Å². The highest BCUT2D eigenvalue weighted by atomic mass is 16.3. The van der Waals surface area contributed by atoms with Crippen molar-refractivity contribution in [2.45, 2.75) is 25.4 Å². The van der Waals surface area contributed by atoms with Crippen molar-refractivity contribution in [1.82, 2.24) is 9.97 Å². The number of hydrogen-bond acceptors (Lipinski definition) is 5. The number of nitrogens with zero attached hydrogens (tertiary/aromatic N) is 3. The van der Waals surface area contributed by atoms with Crippen molar-refractivity contribution in [1.29, 1.82) is 0 Å². The average Bonchev–Trinajstić information content (AvgIpc) is 3.32. The van der Waals surface area contributed by atoms with Crippen LogP contribution in [0.4, 0.5) is 17.3 Å². The third-order valence-corrected chi connectivity index (χ3v) is 3.69. The number of hydrogen-bond donors (Lipinski definition) is 2. The largest absolute Gasteiger partial charge is 0.392 e. The Hall–Kier alpha value is -2.47. The Kier molecular flexibility index (Phi) is 2.22. The van der Waals surface area contributed by atoms with Crippen LogP contribution in [0.1, 0.15) is 31.5 Å². The Balaban J connectivity index is 1.99. The van der Waals surface area contributed by atoms with Crippen molar-refractivity contribution in [2.75, 3.05) is 10.2 Å². The summed E-state index contributed by atoms with van der Waals surface area (Å²) < 4.78 is 15.2. The van der Waals surface area contributed by atoms with Crippen LogP contribution in [0.15, 0.2) is 30.6 Å². The molecule has 0 atom stereocenters. The fourth-order valence-corrected chi connectivity index (χ4v) is 2.58. The van der Waals surface area contributed by atoms with Crippen LogP contribution < -0.4 is 10.2 Å². The number of anilines is 3. The van der Waals surface area contributed by atoms with Gasteiger partial charge in [-0.05, 0) is 31.0 Å². The molecule has 1 aliphatic carbocycles. The van der Waals surface area contributed by atoms with E-state index in [-0.39, 0.29) is 17.3 Å². The molecule has 21 heavy (non-hydrogen) atoms. The van der Waals surface area contributed by atoms with Gasteiger partial charge in [0.15, 0.2) is 5.82 Å². The second-order valence-corrected chi connectivity index (χ2v) is 5.10. The van der Waals surface area contributed by atoms with Crippen molar-refractivity contribution < 1.29 is 12.6 Å². The average molecular weight is 284 g/mol. The Bertz CT molecular complexity index is 802. The Labute approximate surface area is 124 Å². The highest BCUT2D eigenvalue weighted by Gasteiger charge is 2.38. The molecule has 6 heteroatoms. The molecule has 0 radical (unpaired) electrons. The summed E-state index contributed by atoms with van der Waals surface area (Å²) in [5.41, 5.74) is 0.575. The van der Waals surface area contributed by atoms with E-state index < -0.39 is 12.5 Å². The van der Waals surface area contributed by atoms with Gasteiger partial charge in [-0.2, -0.15) is 0 Å². The second-order valence-electron chi connectivity index (χ2n) is 5.10. The normalized spacial score (nSPS) is 18.9. The lowest BCUT2D eigenvalue weighted by Gasteiger charge is -2.23. The molecular weight excluding hydrogens is 268 g/mol. The zero-order chi connectivity index (χ0) is 16.2. The van der Waals surface area contributed by atoms with Crippen LogP contribution in [0.3, 0.4) is 0 Å². The van der Waals surface area contributed by atoms with Gasteiger partial charge in [-0.15, -0.1) is 0 Å². The van der Waals surface area contributed by atoms with E-state index >= 15 is 0 Å². The molecule has 0 unspecified atom stereocenters. The van der Waals surface area contributed by atoms with Gasteiger partial charge in [0.05, 0.1) is 20.6 Å². The fraction of sp³-hybridized carbons (Fsp3) is 0.267. The molecule has 106 valence electrons. The second kappa shape index (κ2) is 4.53. The molecule has 2 aromatic rings. The van der Waals surface area contributed by atoms with E-state index in [4.69, 9.17) is 2.74 Å². The van der Waals surface area contributed by atoms with Crippen LogP contribution in [0.2, 0.25) is 0 Å². The zero-order valence-corrected chi connectivity index (χ0v) is 11.1. The highest BCUT2D eigenvalue weighted by Crippen LogP contribution is 2.43. The Morgan fingerprint density at radius 3 is 2.90 bits per heavy atom. The number of carbonyl (C=O) groups excluding carboxylic acids is 1. The molecule has 1 amide bonds. The number of amides is 1. The molecule has 6 nitrogen and oxygen atoms in total. The van der Waals surface area contributed by atoms with Gasteiger partial charge in [-0.1, -0.05) is 0 Å². The van der Waals surface area contributed by atoms with Crippen molar-refractivity contribution in [3.8, 4) is 0 Å². The molecule has 1 aliphatic heterocycles. The molecule has 4 rings (SSSR count). The van der Waals surface area contributed by atoms with Crippen LogP contribution in [0.25, 0.3) is 0 Å². The molecule has 2 aromatic heterocycles. The molecular formula is C15H14N4O2. The Morgan fingerprint density at radius 1 is 1.33 bits per heavy atom. The van der Waals surface area contributed by atoms with Gasteiger partial charge >= 0.3 is 0 Å². The van der Waals surface area contributed by atoms with Gasteiger partial charge in [0, 0.05) is 24.0 Å². The van der Waals surface area contributed by atoms with E-state index in [2.05, 4.69) is 15.3 Å². The molecule has 1 saturated carbocycles. The summed E-state index contributed by atoms with van der Waals surface area (Å²) >= 11 is 0. The van der Waals surface area contributed by atoms with E-state index in [1.807, 2.05) is 4.90 Å². The van der Waals surface area contributed by atoms with Gasteiger partial charge < -0.3 is 15.3 Å². The predicted molar refractivity (Wildman–Crippen MR) is 77.5 cm³/mol. The Morgan fingerprint density at radius 2 is 2.14 bits per heavy atom.